The van der Waals surface area contributed by atoms with Crippen LogP contribution in [-0.4, -0.2) is 30.5 Å². The maximum absolute atomic E-state index is 12.6. The highest BCUT2D eigenvalue weighted by Crippen LogP contribution is 2.30. The Labute approximate surface area is 156 Å². The standard InChI is InChI=1S/C20H22F3N3O/c21-20(22,23)17-6-7-18(25-14-17)26-12-9-16(10-13-26)19(27)24-11-8-15-4-2-1-3-5-15/h1-7,14,16H,8-13H2,(H,24,27). The third kappa shape index (κ3) is 5.21. The second-order valence-corrected chi connectivity index (χ2v) is 6.69. The first-order chi connectivity index (χ1) is 12.9. The predicted molar refractivity (Wildman–Crippen MR) is 97.3 cm³/mol. The molecule has 0 bridgehead atoms. The van der Waals surface area contributed by atoms with E-state index in [1.165, 1.54) is 11.6 Å². The predicted octanol–water partition coefficient (Wildman–Crippen LogP) is 3.68. The number of halogens is 3. The topological polar surface area (TPSA) is 45.2 Å². The molecule has 0 aliphatic carbocycles. The lowest BCUT2D eigenvalue weighted by Gasteiger charge is -2.32. The average molecular weight is 377 g/mol. The van der Waals surface area contributed by atoms with Crippen LogP contribution in [0.1, 0.15) is 24.0 Å². The van der Waals surface area contributed by atoms with Crippen molar-refractivity contribution in [3.05, 3.63) is 59.8 Å². The first kappa shape index (κ1) is 19.2. The van der Waals surface area contributed by atoms with Crippen molar-refractivity contribution in [3.8, 4) is 0 Å². The van der Waals surface area contributed by atoms with Crippen molar-refractivity contribution in [1.29, 1.82) is 0 Å². The molecule has 0 saturated carbocycles. The SMILES string of the molecule is O=C(NCCc1ccccc1)C1CCN(c2ccc(C(F)(F)F)cn2)CC1. The highest BCUT2D eigenvalue weighted by molar-refractivity contribution is 5.79. The van der Waals surface area contributed by atoms with Crippen molar-refractivity contribution in [2.75, 3.05) is 24.5 Å². The van der Waals surface area contributed by atoms with Crippen LogP contribution in [-0.2, 0) is 17.4 Å². The molecule has 1 amide bonds. The van der Waals surface area contributed by atoms with Gasteiger partial charge in [-0.25, -0.2) is 4.98 Å². The molecule has 7 heteroatoms. The maximum Gasteiger partial charge on any atom is 0.417 e. The summed E-state index contributed by atoms with van der Waals surface area (Å²) in [7, 11) is 0. The second kappa shape index (κ2) is 8.41. The number of anilines is 1. The Balaban J connectivity index is 1.45. The zero-order valence-corrected chi connectivity index (χ0v) is 14.9. The first-order valence-electron chi connectivity index (χ1n) is 9.03. The Bertz CT molecular complexity index is 739. The zero-order valence-electron chi connectivity index (χ0n) is 14.9. The van der Waals surface area contributed by atoms with E-state index in [-0.39, 0.29) is 11.8 Å². The summed E-state index contributed by atoms with van der Waals surface area (Å²) in [6.07, 6.45) is -1.39. The van der Waals surface area contributed by atoms with Gasteiger partial charge in [0.05, 0.1) is 5.56 Å². The van der Waals surface area contributed by atoms with Gasteiger partial charge in [0.2, 0.25) is 5.91 Å². The van der Waals surface area contributed by atoms with Crippen LogP contribution >= 0.6 is 0 Å². The van der Waals surface area contributed by atoms with Crippen molar-refractivity contribution >= 4 is 11.7 Å². The van der Waals surface area contributed by atoms with E-state index < -0.39 is 11.7 Å². The highest BCUT2D eigenvalue weighted by Gasteiger charge is 2.31. The molecule has 1 fully saturated rings. The van der Waals surface area contributed by atoms with Crippen molar-refractivity contribution in [2.45, 2.75) is 25.4 Å². The molecule has 0 unspecified atom stereocenters. The van der Waals surface area contributed by atoms with Crippen LogP contribution in [0.25, 0.3) is 0 Å². The number of pyridine rings is 1. The number of hydrogen-bond donors (Lipinski definition) is 1. The molecule has 0 atom stereocenters. The molecule has 2 heterocycles. The van der Waals surface area contributed by atoms with E-state index in [0.717, 1.165) is 18.7 Å². The molecule has 1 saturated heterocycles. The van der Waals surface area contributed by atoms with E-state index in [1.807, 2.05) is 35.2 Å². The molecule has 3 rings (SSSR count). The number of hydrogen-bond acceptors (Lipinski definition) is 3. The van der Waals surface area contributed by atoms with Gasteiger partial charge in [0.25, 0.3) is 0 Å². The van der Waals surface area contributed by atoms with Gasteiger partial charge in [-0.15, -0.1) is 0 Å². The van der Waals surface area contributed by atoms with Gasteiger partial charge >= 0.3 is 6.18 Å². The minimum Gasteiger partial charge on any atom is -0.357 e. The summed E-state index contributed by atoms with van der Waals surface area (Å²) in [5.41, 5.74) is 0.430. The number of rotatable bonds is 5. The summed E-state index contributed by atoms with van der Waals surface area (Å²) in [6, 6.07) is 12.4. The highest BCUT2D eigenvalue weighted by atomic mass is 19.4. The quantitative estimate of drug-likeness (QED) is 0.865. The van der Waals surface area contributed by atoms with Gasteiger partial charge < -0.3 is 10.2 Å². The molecule has 1 aromatic heterocycles. The summed E-state index contributed by atoms with van der Waals surface area (Å²) >= 11 is 0. The van der Waals surface area contributed by atoms with Crippen LogP contribution in [0.4, 0.5) is 19.0 Å². The lowest BCUT2D eigenvalue weighted by Crippen LogP contribution is -2.41. The van der Waals surface area contributed by atoms with Crippen LogP contribution in [0.15, 0.2) is 48.7 Å². The third-order valence-corrected chi connectivity index (χ3v) is 4.82. The fourth-order valence-corrected chi connectivity index (χ4v) is 3.23. The molecule has 27 heavy (non-hydrogen) atoms. The fourth-order valence-electron chi connectivity index (χ4n) is 3.23. The third-order valence-electron chi connectivity index (χ3n) is 4.82. The van der Waals surface area contributed by atoms with Gasteiger partial charge in [0.15, 0.2) is 0 Å². The lowest BCUT2D eigenvalue weighted by molar-refractivity contribution is -0.137. The Morgan fingerprint density at radius 3 is 2.41 bits per heavy atom. The molecule has 0 radical (unpaired) electrons. The molecule has 1 N–H and O–H groups in total. The number of nitrogens with one attached hydrogen (secondary N) is 1. The number of nitrogens with zero attached hydrogens (tertiary/aromatic N) is 2. The summed E-state index contributed by atoms with van der Waals surface area (Å²) in [5.74, 6) is 0.503. The normalized spacial score (nSPS) is 15.6. The number of benzene rings is 1. The Hall–Kier alpha value is -2.57. The molecule has 4 nitrogen and oxygen atoms in total. The molecule has 2 aromatic rings. The van der Waals surface area contributed by atoms with Gasteiger partial charge in [-0.05, 0) is 37.0 Å². The van der Waals surface area contributed by atoms with Crippen molar-refractivity contribution in [3.63, 3.8) is 0 Å². The monoisotopic (exact) mass is 377 g/mol. The van der Waals surface area contributed by atoms with E-state index in [1.54, 1.807) is 0 Å². The number of alkyl halides is 3. The number of aromatic nitrogens is 1. The molecule has 144 valence electrons. The van der Waals surface area contributed by atoms with Gasteiger partial charge in [-0.3, -0.25) is 4.79 Å². The number of amides is 1. The number of carbonyl (C=O) groups is 1. The van der Waals surface area contributed by atoms with Gasteiger partial charge in [0.1, 0.15) is 5.82 Å². The Kier molecular flexibility index (Phi) is 5.98. The second-order valence-electron chi connectivity index (χ2n) is 6.69. The first-order valence-corrected chi connectivity index (χ1v) is 9.03. The Morgan fingerprint density at radius 1 is 1.11 bits per heavy atom. The summed E-state index contributed by atoms with van der Waals surface area (Å²) in [6.45, 7) is 1.81. The fraction of sp³-hybridized carbons (Fsp3) is 0.400. The summed E-state index contributed by atoms with van der Waals surface area (Å²) in [4.78, 5) is 18.2. The van der Waals surface area contributed by atoms with Gasteiger partial charge in [-0.1, -0.05) is 30.3 Å². The lowest BCUT2D eigenvalue weighted by atomic mass is 9.95. The van der Waals surface area contributed by atoms with Crippen LogP contribution in [0.3, 0.4) is 0 Å². The van der Waals surface area contributed by atoms with Crippen molar-refractivity contribution in [2.24, 2.45) is 5.92 Å². The van der Waals surface area contributed by atoms with E-state index in [9.17, 15) is 18.0 Å². The molecule has 0 spiro atoms. The number of piperidine rings is 1. The molecule has 1 aliphatic rings. The zero-order chi connectivity index (χ0) is 19.3. The van der Waals surface area contributed by atoms with E-state index in [0.29, 0.717) is 38.3 Å². The van der Waals surface area contributed by atoms with Crippen molar-refractivity contribution < 1.29 is 18.0 Å². The number of carbonyl (C=O) groups excluding carboxylic acids is 1. The molecule has 1 aromatic carbocycles. The van der Waals surface area contributed by atoms with Crippen LogP contribution < -0.4 is 10.2 Å². The maximum atomic E-state index is 12.6. The van der Waals surface area contributed by atoms with Gasteiger partial charge in [0, 0.05) is 31.7 Å². The summed E-state index contributed by atoms with van der Waals surface area (Å²) < 4.78 is 37.8. The van der Waals surface area contributed by atoms with Crippen LogP contribution in [0.5, 0.6) is 0 Å². The van der Waals surface area contributed by atoms with Crippen LogP contribution in [0, 0.1) is 5.92 Å². The molecular weight excluding hydrogens is 355 g/mol. The largest absolute Gasteiger partial charge is 0.417 e. The van der Waals surface area contributed by atoms with E-state index >= 15 is 0 Å². The molecular formula is C20H22F3N3O. The smallest absolute Gasteiger partial charge is 0.357 e. The Morgan fingerprint density at radius 2 is 1.81 bits per heavy atom. The van der Waals surface area contributed by atoms with Crippen molar-refractivity contribution in [1.82, 2.24) is 10.3 Å². The molecule has 1 aliphatic heterocycles. The summed E-state index contributed by atoms with van der Waals surface area (Å²) in [5, 5.41) is 2.98. The minimum atomic E-state index is -4.38. The minimum absolute atomic E-state index is 0.0472. The van der Waals surface area contributed by atoms with Crippen LogP contribution in [0.2, 0.25) is 0 Å². The average Bonchev–Trinajstić information content (AvgIpc) is 2.68. The van der Waals surface area contributed by atoms with E-state index in [2.05, 4.69) is 10.3 Å². The van der Waals surface area contributed by atoms with Gasteiger partial charge in [-0.2, -0.15) is 13.2 Å². The van der Waals surface area contributed by atoms with E-state index in [4.69, 9.17) is 0 Å².